The van der Waals surface area contributed by atoms with E-state index in [1.807, 2.05) is 12.1 Å². The molecule has 0 bridgehead atoms. The Hall–Kier alpha value is -2.56. The Balaban J connectivity index is 1.72. The summed E-state index contributed by atoms with van der Waals surface area (Å²) in [4.78, 5) is 19.4. The zero-order valence-electron chi connectivity index (χ0n) is 15.5. The van der Waals surface area contributed by atoms with Crippen LogP contribution in [0, 0.1) is 6.92 Å². The molecule has 1 aliphatic carbocycles. The summed E-state index contributed by atoms with van der Waals surface area (Å²) in [6.07, 6.45) is 8.05. The average Bonchev–Trinajstić information content (AvgIpc) is 2.68. The van der Waals surface area contributed by atoms with Gasteiger partial charge < -0.3 is 15.3 Å². The summed E-state index contributed by atoms with van der Waals surface area (Å²) in [5.41, 5.74) is 2.10. The number of aromatic hydroxyl groups is 1. The maximum atomic E-state index is 12.5. The monoisotopic (exact) mass is 353 g/mol. The van der Waals surface area contributed by atoms with Gasteiger partial charge in [-0.25, -0.2) is 4.98 Å². The van der Waals surface area contributed by atoms with Gasteiger partial charge in [0, 0.05) is 42.5 Å². The third-order valence-corrected chi connectivity index (χ3v) is 5.31. The Morgan fingerprint density at radius 3 is 2.77 bits per heavy atom. The summed E-state index contributed by atoms with van der Waals surface area (Å²) < 4.78 is 0. The highest BCUT2D eigenvalue weighted by atomic mass is 16.3. The molecule has 0 aliphatic heterocycles. The van der Waals surface area contributed by atoms with E-state index in [9.17, 15) is 9.90 Å². The first-order valence-corrected chi connectivity index (χ1v) is 9.31. The van der Waals surface area contributed by atoms with Gasteiger partial charge in [0.05, 0.1) is 0 Å². The molecule has 1 amide bonds. The van der Waals surface area contributed by atoms with Gasteiger partial charge in [0.2, 0.25) is 0 Å². The van der Waals surface area contributed by atoms with Crippen molar-refractivity contribution in [2.45, 2.75) is 51.6 Å². The normalized spacial score (nSPS) is 14.8. The number of phenols is 1. The molecule has 0 atom stereocenters. The Kier molecular flexibility index (Phi) is 5.76. The van der Waals surface area contributed by atoms with Gasteiger partial charge in [0.15, 0.2) is 0 Å². The molecular weight excluding hydrogens is 326 g/mol. The van der Waals surface area contributed by atoms with Crippen molar-refractivity contribution in [2.75, 3.05) is 11.9 Å². The maximum absolute atomic E-state index is 12.5. The van der Waals surface area contributed by atoms with Crippen LogP contribution in [0.4, 0.5) is 5.82 Å². The van der Waals surface area contributed by atoms with Crippen LogP contribution in [0.5, 0.6) is 5.75 Å². The largest absolute Gasteiger partial charge is 0.508 e. The molecular formula is C21H27N3O2. The van der Waals surface area contributed by atoms with Crippen LogP contribution in [0.15, 0.2) is 36.5 Å². The van der Waals surface area contributed by atoms with Crippen LogP contribution < -0.4 is 10.2 Å². The van der Waals surface area contributed by atoms with E-state index in [0.29, 0.717) is 23.7 Å². The standard InChI is InChI=1S/C21H27N3O2/c1-15-18(11-6-12-19(15)25)21(26)23-14-16-8-7-13-22-20(16)24(2)17-9-4-3-5-10-17/h6-8,11-13,17,25H,3-5,9-10,14H2,1-2H3,(H,23,26). The molecule has 0 spiro atoms. The molecule has 0 saturated heterocycles. The van der Waals surface area contributed by atoms with E-state index >= 15 is 0 Å². The minimum Gasteiger partial charge on any atom is -0.508 e. The molecule has 3 rings (SSSR count). The van der Waals surface area contributed by atoms with Crippen LogP contribution >= 0.6 is 0 Å². The third-order valence-electron chi connectivity index (χ3n) is 5.31. The lowest BCUT2D eigenvalue weighted by molar-refractivity contribution is 0.0950. The lowest BCUT2D eigenvalue weighted by atomic mass is 9.94. The SMILES string of the molecule is Cc1c(O)cccc1C(=O)NCc1cccnc1N(C)C1CCCCC1. The second-order valence-corrected chi connectivity index (χ2v) is 7.02. The summed E-state index contributed by atoms with van der Waals surface area (Å²) in [6, 6.07) is 9.43. The number of nitrogens with one attached hydrogen (secondary N) is 1. The van der Waals surface area contributed by atoms with Crippen molar-refractivity contribution >= 4 is 11.7 Å². The maximum Gasteiger partial charge on any atom is 0.251 e. The van der Waals surface area contributed by atoms with E-state index in [2.05, 4.69) is 22.2 Å². The molecule has 2 aromatic rings. The number of hydrogen-bond acceptors (Lipinski definition) is 4. The summed E-state index contributed by atoms with van der Waals surface area (Å²) in [7, 11) is 2.10. The van der Waals surface area contributed by atoms with Crippen molar-refractivity contribution in [3.05, 3.63) is 53.2 Å². The molecule has 0 unspecified atom stereocenters. The van der Waals surface area contributed by atoms with Gasteiger partial charge in [-0.15, -0.1) is 0 Å². The summed E-state index contributed by atoms with van der Waals surface area (Å²) in [6.45, 7) is 2.16. The van der Waals surface area contributed by atoms with E-state index in [4.69, 9.17) is 0 Å². The van der Waals surface area contributed by atoms with Crippen LogP contribution in [0.1, 0.15) is 53.6 Å². The number of aromatic nitrogens is 1. The minimum atomic E-state index is -0.187. The molecule has 1 heterocycles. The lowest BCUT2D eigenvalue weighted by Crippen LogP contribution is -2.35. The van der Waals surface area contributed by atoms with Gasteiger partial charge in [-0.05, 0) is 38.0 Å². The summed E-state index contributed by atoms with van der Waals surface area (Å²) in [5.74, 6) is 0.887. The van der Waals surface area contributed by atoms with Crippen LogP contribution in [-0.4, -0.2) is 29.1 Å². The Labute approximate surface area is 155 Å². The third kappa shape index (κ3) is 3.98. The number of carbonyl (C=O) groups excluding carboxylic acids is 1. The van der Waals surface area contributed by atoms with Gasteiger partial charge in [-0.1, -0.05) is 31.4 Å². The Morgan fingerprint density at radius 2 is 2.00 bits per heavy atom. The van der Waals surface area contributed by atoms with Crippen molar-refractivity contribution < 1.29 is 9.90 Å². The number of nitrogens with zero attached hydrogens (tertiary/aromatic N) is 2. The van der Waals surface area contributed by atoms with Crippen LogP contribution in [-0.2, 0) is 6.54 Å². The Bertz CT molecular complexity index is 770. The first-order chi connectivity index (χ1) is 12.6. The summed E-state index contributed by atoms with van der Waals surface area (Å²) >= 11 is 0. The molecule has 26 heavy (non-hydrogen) atoms. The number of anilines is 1. The van der Waals surface area contributed by atoms with Crippen molar-refractivity contribution in [1.82, 2.24) is 10.3 Å². The van der Waals surface area contributed by atoms with Crippen LogP contribution in [0.2, 0.25) is 0 Å². The number of carbonyl (C=O) groups is 1. The number of benzene rings is 1. The van der Waals surface area contributed by atoms with Gasteiger partial charge >= 0.3 is 0 Å². The number of phenolic OH excluding ortho intramolecular Hbond substituents is 1. The number of hydrogen-bond donors (Lipinski definition) is 2. The molecule has 1 saturated carbocycles. The molecule has 1 fully saturated rings. The zero-order chi connectivity index (χ0) is 18.5. The van der Waals surface area contributed by atoms with Crippen molar-refractivity contribution in [1.29, 1.82) is 0 Å². The lowest BCUT2D eigenvalue weighted by Gasteiger charge is -2.33. The molecule has 5 nitrogen and oxygen atoms in total. The number of rotatable bonds is 5. The van der Waals surface area contributed by atoms with Crippen LogP contribution in [0.3, 0.4) is 0 Å². The minimum absolute atomic E-state index is 0.136. The topological polar surface area (TPSA) is 65.5 Å². The van der Waals surface area contributed by atoms with E-state index in [1.165, 1.54) is 32.1 Å². The van der Waals surface area contributed by atoms with Gasteiger partial charge in [-0.2, -0.15) is 0 Å². The molecule has 1 aliphatic rings. The molecule has 138 valence electrons. The number of amides is 1. The molecule has 1 aromatic carbocycles. The summed E-state index contributed by atoms with van der Waals surface area (Å²) in [5, 5.41) is 12.8. The fraction of sp³-hybridized carbons (Fsp3) is 0.429. The molecule has 5 heteroatoms. The van der Waals surface area contributed by atoms with Gasteiger partial charge in [0.1, 0.15) is 11.6 Å². The first-order valence-electron chi connectivity index (χ1n) is 9.31. The Morgan fingerprint density at radius 1 is 1.23 bits per heavy atom. The van der Waals surface area contributed by atoms with Crippen LogP contribution in [0.25, 0.3) is 0 Å². The highest BCUT2D eigenvalue weighted by molar-refractivity contribution is 5.96. The molecule has 0 radical (unpaired) electrons. The first kappa shape index (κ1) is 18.2. The quantitative estimate of drug-likeness (QED) is 0.858. The van der Waals surface area contributed by atoms with E-state index < -0.39 is 0 Å². The van der Waals surface area contributed by atoms with E-state index in [0.717, 1.165) is 11.4 Å². The van der Waals surface area contributed by atoms with E-state index in [1.54, 1.807) is 31.3 Å². The molecule has 1 aromatic heterocycles. The fourth-order valence-electron chi connectivity index (χ4n) is 3.67. The van der Waals surface area contributed by atoms with Gasteiger partial charge in [-0.3, -0.25) is 4.79 Å². The predicted molar refractivity (Wildman–Crippen MR) is 104 cm³/mol. The second-order valence-electron chi connectivity index (χ2n) is 7.02. The average molecular weight is 353 g/mol. The zero-order valence-corrected chi connectivity index (χ0v) is 15.5. The molecule has 2 N–H and O–H groups in total. The smallest absolute Gasteiger partial charge is 0.251 e. The van der Waals surface area contributed by atoms with Gasteiger partial charge in [0.25, 0.3) is 5.91 Å². The fourth-order valence-corrected chi connectivity index (χ4v) is 3.67. The number of pyridine rings is 1. The predicted octanol–water partition coefficient (Wildman–Crippen LogP) is 3.79. The van der Waals surface area contributed by atoms with Crippen molar-refractivity contribution in [3.63, 3.8) is 0 Å². The van der Waals surface area contributed by atoms with E-state index in [-0.39, 0.29) is 11.7 Å². The second kappa shape index (κ2) is 8.21. The highest BCUT2D eigenvalue weighted by Gasteiger charge is 2.21. The highest BCUT2D eigenvalue weighted by Crippen LogP contribution is 2.27. The van der Waals surface area contributed by atoms with Crippen molar-refractivity contribution in [3.8, 4) is 5.75 Å². The van der Waals surface area contributed by atoms with Crippen molar-refractivity contribution in [2.24, 2.45) is 0 Å².